The average molecular weight is 413 g/mol. The lowest BCUT2D eigenvalue weighted by Gasteiger charge is -2.30. The summed E-state index contributed by atoms with van der Waals surface area (Å²) in [6, 6.07) is 10.4. The van der Waals surface area contributed by atoms with Crippen LogP contribution in [0.1, 0.15) is 43.9 Å². The highest BCUT2D eigenvalue weighted by Gasteiger charge is 2.38. The molecule has 1 aliphatic heterocycles. The summed E-state index contributed by atoms with van der Waals surface area (Å²) >= 11 is 0. The lowest BCUT2D eigenvalue weighted by molar-refractivity contribution is -0.123. The van der Waals surface area contributed by atoms with Crippen molar-refractivity contribution >= 4 is 11.8 Å². The smallest absolute Gasteiger partial charge is 0.220 e. The van der Waals surface area contributed by atoms with Crippen LogP contribution in [0.2, 0.25) is 0 Å². The van der Waals surface area contributed by atoms with Gasteiger partial charge in [0.05, 0.1) is 7.11 Å². The third-order valence-electron chi connectivity index (χ3n) is 5.50. The van der Waals surface area contributed by atoms with Crippen LogP contribution < -0.4 is 15.4 Å². The molecule has 1 aliphatic rings. The van der Waals surface area contributed by atoms with E-state index in [1.165, 1.54) is 13.2 Å². The monoisotopic (exact) mass is 413 g/mol. The van der Waals surface area contributed by atoms with Gasteiger partial charge in [0.2, 0.25) is 11.8 Å². The van der Waals surface area contributed by atoms with E-state index in [-0.39, 0.29) is 30.1 Å². The molecular formula is C23H28FN3O3. The van der Waals surface area contributed by atoms with Gasteiger partial charge in [-0.05, 0) is 49.9 Å². The molecule has 0 saturated carbocycles. The lowest BCUT2D eigenvalue weighted by Crippen LogP contribution is -2.45. The number of methoxy groups -OCH3 is 1. The SMILES string of the molecule is COc1ccc(C[C@]2(CCC(=O)N[C@@H](C)Cc3ccccn3)CCC(=O)N2)c(F)c1. The topological polar surface area (TPSA) is 80.3 Å². The number of halogens is 1. The van der Waals surface area contributed by atoms with Crippen molar-refractivity contribution in [3.63, 3.8) is 0 Å². The molecule has 2 amide bonds. The number of aromatic nitrogens is 1. The van der Waals surface area contributed by atoms with E-state index < -0.39 is 5.54 Å². The number of carbonyl (C=O) groups is 2. The molecule has 2 atom stereocenters. The van der Waals surface area contributed by atoms with Crippen molar-refractivity contribution in [3.8, 4) is 5.75 Å². The van der Waals surface area contributed by atoms with Crippen molar-refractivity contribution in [1.82, 2.24) is 15.6 Å². The maximum atomic E-state index is 14.5. The van der Waals surface area contributed by atoms with Gasteiger partial charge < -0.3 is 15.4 Å². The van der Waals surface area contributed by atoms with E-state index in [2.05, 4.69) is 15.6 Å². The van der Waals surface area contributed by atoms with Crippen molar-refractivity contribution in [1.29, 1.82) is 0 Å². The molecule has 2 heterocycles. The van der Waals surface area contributed by atoms with Crippen LogP contribution in [-0.2, 0) is 22.4 Å². The number of nitrogens with zero attached hydrogens (tertiary/aromatic N) is 1. The third-order valence-corrected chi connectivity index (χ3v) is 5.50. The van der Waals surface area contributed by atoms with Crippen LogP contribution >= 0.6 is 0 Å². The fraction of sp³-hybridized carbons (Fsp3) is 0.435. The molecule has 0 aliphatic carbocycles. The maximum Gasteiger partial charge on any atom is 0.220 e. The predicted octanol–water partition coefficient (Wildman–Crippen LogP) is 2.95. The molecule has 1 saturated heterocycles. The number of carbonyl (C=O) groups excluding carboxylic acids is 2. The van der Waals surface area contributed by atoms with Gasteiger partial charge in [0.25, 0.3) is 0 Å². The van der Waals surface area contributed by atoms with Gasteiger partial charge in [-0.3, -0.25) is 14.6 Å². The van der Waals surface area contributed by atoms with Crippen LogP contribution in [-0.4, -0.2) is 35.5 Å². The Hall–Kier alpha value is -2.96. The Morgan fingerprint density at radius 1 is 1.37 bits per heavy atom. The van der Waals surface area contributed by atoms with Crippen molar-refractivity contribution < 1.29 is 18.7 Å². The first-order chi connectivity index (χ1) is 14.4. The van der Waals surface area contributed by atoms with Crippen molar-refractivity contribution in [2.75, 3.05) is 7.11 Å². The Morgan fingerprint density at radius 3 is 2.83 bits per heavy atom. The molecule has 0 unspecified atom stereocenters. The highest BCUT2D eigenvalue weighted by Crippen LogP contribution is 2.31. The second-order valence-corrected chi connectivity index (χ2v) is 7.96. The number of ether oxygens (including phenoxy) is 1. The molecule has 0 radical (unpaired) electrons. The van der Waals surface area contributed by atoms with Crippen LogP contribution in [0.4, 0.5) is 4.39 Å². The van der Waals surface area contributed by atoms with Gasteiger partial charge in [-0.2, -0.15) is 0 Å². The largest absolute Gasteiger partial charge is 0.497 e. The molecule has 2 aromatic rings. The minimum absolute atomic E-state index is 0.0550. The van der Waals surface area contributed by atoms with Crippen LogP contribution in [0.5, 0.6) is 5.75 Å². The van der Waals surface area contributed by atoms with Gasteiger partial charge >= 0.3 is 0 Å². The number of hydrogen-bond acceptors (Lipinski definition) is 4. The summed E-state index contributed by atoms with van der Waals surface area (Å²) in [6.07, 6.45) is 4.38. The Morgan fingerprint density at radius 2 is 2.20 bits per heavy atom. The second-order valence-electron chi connectivity index (χ2n) is 7.96. The van der Waals surface area contributed by atoms with Crippen LogP contribution in [0.25, 0.3) is 0 Å². The highest BCUT2D eigenvalue weighted by molar-refractivity contribution is 5.80. The first kappa shape index (κ1) is 21.7. The Bertz CT molecular complexity index is 891. The molecule has 1 aromatic heterocycles. The molecule has 160 valence electrons. The summed E-state index contributed by atoms with van der Waals surface area (Å²) in [4.78, 5) is 28.7. The fourth-order valence-corrected chi connectivity index (χ4v) is 3.93. The molecular weight excluding hydrogens is 385 g/mol. The molecule has 30 heavy (non-hydrogen) atoms. The highest BCUT2D eigenvalue weighted by atomic mass is 19.1. The number of hydrogen-bond donors (Lipinski definition) is 2. The normalized spacial score (nSPS) is 19.2. The number of benzene rings is 1. The maximum absolute atomic E-state index is 14.5. The molecule has 1 aromatic carbocycles. The van der Waals surface area contributed by atoms with Crippen molar-refractivity contribution in [2.24, 2.45) is 0 Å². The Labute approximate surface area is 176 Å². The summed E-state index contributed by atoms with van der Waals surface area (Å²) in [6.45, 7) is 1.94. The minimum atomic E-state index is -0.617. The van der Waals surface area contributed by atoms with E-state index in [0.717, 1.165) is 5.69 Å². The zero-order valence-electron chi connectivity index (χ0n) is 17.4. The zero-order valence-corrected chi connectivity index (χ0v) is 17.4. The number of nitrogens with one attached hydrogen (secondary N) is 2. The Balaban J connectivity index is 1.59. The first-order valence-corrected chi connectivity index (χ1v) is 10.2. The molecule has 0 bridgehead atoms. The van der Waals surface area contributed by atoms with E-state index in [4.69, 9.17) is 4.74 Å². The Kier molecular flexibility index (Phi) is 7.03. The summed E-state index contributed by atoms with van der Waals surface area (Å²) < 4.78 is 19.5. The quantitative estimate of drug-likeness (QED) is 0.662. The summed E-state index contributed by atoms with van der Waals surface area (Å²) in [5, 5.41) is 5.98. The van der Waals surface area contributed by atoms with Crippen LogP contribution in [0, 0.1) is 5.82 Å². The van der Waals surface area contributed by atoms with Gasteiger partial charge in [-0.25, -0.2) is 4.39 Å². The van der Waals surface area contributed by atoms with Gasteiger partial charge in [0, 0.05) is 48.8 Å². The van der Waals surface area contributed by atoms with Crippen molar-refractivity contribution in [3.05, 3.63) is 59.7 Å². The lowest BCUT2D eigenvalue weighted by atomic mass is 9.84. The zero-order chi connectivity index (χ0) is 21.6. The first-order valence-electron chi connectivity index (χ1n) is 10.2. The van der Waals surface area contributed by atoms with Crippen molar-refractivity contribution in [2.45, 2.75) is 57.0 Å². The summed E-state index contributed by atoms with van der Waals surface area (Å²) in [5.41, 5.74) is 0.801. The molecule has 6 nitrogen and oxygen atoms in total. The van der Waals surface area contributed by atoms with Crippen LogP contribution in [0.3, 0.4) is 0 Å². The third kappa shape index (κ3) is 5.78. The molecule has 2 N–H and O–H groups in total. The summed E-state index contributed by atoms with van der Waals surface area (Å²) in [5.74, 6) is -0.0765. The number of rotatable bonds is 9. The molecule has 3 rings (SSSR count). The summed E-state index contributed by atoms with van der Waals surface area (Å²) in [7, 11) is 1.49. The number of pyridine rings is 1. The standard InChI is InChI=1S/C23H28FN3O3/c1-16(13-18-5-3-4-12-25-18)26-21(28)8-10-23(11-9-22(29)27-23)15-17-6-7-19(30-2)14-20(17)24/h3-7,12,14,16H,8-11,13,15H2,1-2H3,(H,26,28)(H,27,29)/t16-,23-/m0/s1. The second kappa shape index (κ2) is 9.69. The van der Waals surface area contributed by atoms with E-state index in [1.807, 2.05) is 25.1 Å². The van der Waals surface area contributed by atoms with Gasteiger partial charge in [-0.15, -0.1) is 0 Å². The van der Waals surface area contributed by atoms with Gasteiger partial charge in [0.1, 0.15) is 11.6 Å². The molecule has 0 spiro atoms. The van der Waals surface area contributed by atoms with E-state index in [1.54, 1.807) is 18.3 Å². The predicted molar refractivity (Wildman–Crippen MR) is 112 cm³/mol. The van der Waals surface area contributed by atoms with E-state index in [9.17, 15) is 14.0 Å². The average Bonchev–Trinajstić information content (AvgIpc) is 3.09. The van der Waals surface area contributed by atoms with Gasteiger partial charge in [-0.1, -0.05) is 12.1 Å². The van der Waals surface area contributed by atoms with E-state index in [0.29, 0.717) is 43.4 Å². The minimum Gasteiger partial charge on any atom is -0.497 e. The fourth-order valence-electron chi connectivity index (χ4n) is 3.93. The number of amides is 2. The van der Waals surface area contributed by atoms with Gasteiger partial charge in [0.15, 0.2) is 0 Å². The van der Waals surface area contributed by atoms with E-state index >= 15 is 0 Å². The molecule has 7 heteroatoms. The van der Waals surface area contributed by atoms with Crippen LogP contribution in [0.15, 0.2) is 42.6 Å². The molecule has 1 fully saturated rings.